The maximum absolute atomic E-state index is 11.7. The summed E-state index contributed by atoms with van der Waals surface area (Å²) in [6.07, 6.45) is 2.06. The van der Waals surface area contributed by atoms with Crippen LogP contribution in [0.4, 0.5) is 0 Å². The lowest BCUT2D eigenvalue weighted by Crippen LogP contribution is -2.39. The van der Waals surface area contributed by atoms with E-state index < -0.39 is 0 Å². The number of benzene rings is 1. The number of hydrogen-bond acceptors (Lipinski definition) is 2. The Bertz CT molecular complexity index is 370. The summed E-state index contributed by atoms with van der Waals surface area (Å²) in [5, 5.41) is 6.16. The SMILES string of the molecule is Cc1cccc(CNC(=O)[C@@H]2CCCN2)c1. The van der Waals surface area contributed by atoms with Crippen molar-refractivity contribution < 1.29 is 4.79 Å². The second-order valence-electron chi connectivity index (χ2n) is 4.36. The Morgan fingerprint density at radius 2 is 2.44 bits per heavy atom. The zero-order valence-corrected chi connectivity index (χ0v) is 9.62. The number of carbonyl (C=O) groups excluding carboxylic acids is 1. The lowest BCUT2D eigenvalue weighted by molar-refractivity contribution is -0.122. The highest BCUT2D eigenvalue weighted by atomic mass is 16.2. The normalized spacial score (nSPS) is 19.7. The molecule has 16 heavy (non-hydrogen) atoms. The van der Waals surface area contributed by atoms with Gasteiger partial charge in [-0.25, -0.2) is 0 Å². The molecule has 1 atom stereocenters. The van der Waals surface area contributed by atoms with Crippen LogP contribution in [0.1, 0.15) is 24.0 Å². The van der Waals surface area contributed by atoms with E-state index in [4.69, 9.17) is 0 Å². The van der Waals surface area contributed by atoms with Crippen molar-refractivity contribution in [3.8, 4) is 0 Å². The number of amides is 1. The van der Waals surface area contributed by atoms with E-state index in [1.165, 1.54) is 5.56 Å². The van der Waals surface area contributed by atoms with Gasteiger partial charge in [-0.15, -0.1) is 0 Å². The van der Waals surface area contributed by atoms with Gasteiger partial charge in [-0.2, -0.15) is 0 Å². The van der Waals surface area contributed by atoms with Crippen molar-refractivity contribution in [2.45, 2.75) is 32.4 Å². The Balaban J connectivity index is 1.84. The molecule has 1 aliphatic rings. The highest BCUT2D eigenvalue weighted by molar-refractivity contribution is 5.81. The Labute approximate surface area is 96.2 Å². The zero-order chi connectivity index (χ0) is 11.4. The Hall–Kier alpha value is -1.35. The maximum atomic E-state index is 11.7. The number of nitrogens with one attached hydrogen (secondary N) is 2. The fraction of sp³-hybridized carbons (Fsp3) is 0.462. The quantitative estimate of drug-likeness (QED) is 0.804. The van der Waals surface area contributed by atoms with E-state index in [1.807, 2.05) is 12.1 Å². The van der Waals surface area contributed by atoms with Crippen LogP contribution in [0.15, 0.2) is 24.3 Å². The minimum absolute atomic E-state index is 0.0183. The van der Waals surface area contributed by atoms with Crippen LogP contribution in [0, 0.1) is 6.92 Å². The topological polar surface area (TPSA) is 41.1 Å². The van der Waals surface area contributed by atoms with Gasteiger partial charge in [-0.3, -0.25) is 4.79 Å². The van der Waals surface area contributed by atoms with E-state index >= 15 is 0 Å². The summed E-state index contributed by atoms with van der Waals surface area (Å²) in [7, 11) is 0. The van der Waals surface area contributed by atoms with Crippen molar-refractivity contribution >= 4 is 5.91 Å². The van der Waals surface area contributed by atoms with Crippen molar-refractivity contribution in [2.24, 2.45) is 0 Å². The molecule has 1 saturated heterocycles. The molecule has 1 amide bonds. The van der Waals surface area contributed by atoms with Crippen molar-refractivity contribution in [3.05, 3.63) is 35.4 Å². The average Bonchev–Trinajstić information content (AvgIpc) is 2.79. The van der Waals surface area contributed by atoms with Crippen molar-refractivity contribution in [1.29, 1.82) is 0 Å². The molecule has 2 N–H and O–H groups in total. The van der Waals surface area contributed by atoms with Crippen molar-refractivity contribution in [2.75, 3.05) is 6.54 Å². The van der Waals surface area contributed by atoms with Gasteiger partial charge in [0.25, 0.3) is 0 Å². The monoisotopic (exact) mass is 218 g/mol. The van der Waals surface area contributed by atoms with Gasteiger partial charge in [0.15, 0.2) is 0 Å². The third-order valence-corrected chi connectivity index (χ3v) is 2.93. The predicted molar refractivity (Wildman–Crippen MR) is 64.1 cm³/mol. The first-order valence-electron chi connectivity index (χ1n) is 5.82. The fourth-order valence-corrected chi connectivity index (χ4v) is 2.04. The molecule has 0 aromatic heterocycles. The first kappa shape index (κ1) is 11.1. The summed E-state index contributed by atoms with van der Waals surface area (Å²) in [4.78, 5) is 11.7. The van der Waals surface area contributed by atoms with E-state index in [0.717, 1.165) is 24.9 Å². The van der Waals surface area contributed by atoms with Gasteiger partial charge in [-0.1, -0.05) is 29.8 Å². The number of carbonyl (C=O) groups is 1. The van der Waals surface area contributed by atoms with Gasteiger partial charge in [0.05, 0.1) is 6.04 Å². The molecule has 0 radical (unpaired) electrons. The Morgan fingerprint density at radius 1 is 1.56 bits per heavy atom. The Kier molecular flexibility index (Phi) is 3.57. The van der Waals surface area contributed by atoms with E-state index in [9.17, 15) is 4.79 Å². The smallest absolute Gasteiger partial charge is 0.237 e. The third kappa shape index (κ3) is 2.83. The molecule has 0 unspecified atom stereocenters. The van der Waals surface area contributed by atoms with Crippen LogP contribution in [-0.4, -0.2) is 18.5 Å². The van der Waals surface area contributed by atoms with Crippen LogP contribution in [0.3, 0.4) is 0 Å². The van der Waals surface area contributed by atoms with Gasteiger partial charge in [0.1, 0.15) is 0 Å². The summed E-state index contributed by atoms with van der Waals surface area (Å²) in [6.45, 7) is 3.64. The zero-order valence-electron chi connectivity index (χ0n) is 9.62. The summed E-state index contributed by atoms with van der Waals surface area (Å²) < 4.78 is 0. The van der Waals surface area contributed by atoms with E-state index in [0.29, 0.717) is 6.54 Å². The minimum atomic E-state index is 0.0183. The van der Waals surface area contributed by atoms with Crippen LogP contribution in [0.25, 0.3) is 0 Å². The van der Waals surface area contributed by atoms with E-state index in [2.05, 4.69) is 29.7 Å². The molecule has 1 aromatic carbocycles. The molecule has 0 saturated carbocycles. The van der Waals surface area contributed by atoms with E-state index in [-0.39, 0.29) is 11.9 Å². The molecule has 0 spiro atoms. The van der Waals surface area contributed by atoms with Gasteiger partial charge in [0.2, 0.25) is 5.91 Å². The molecule has 3 heteroatoms. The second-order valence-corrected chi connectivity index (χ2v) is 4.36. The number of rotatable bonds is 3. The van der Waals surface area contributed by atoms with Crippen LogP contribution in [0.2, 0.25) is 0 Å². The van der Waals surface area contributed by atoms with Crippen LogP contribution < -0.4 is 10.6 Å². The summed E-state index contributed by atoms with van der Waals surface area (Å²) in [6, 6.07) is 8.23. The molecule has 1 fully saturated rings. The third-order valence-electron chi connectivity index (χ3n) is 2.93. The molecule has 1 heterocycles. The molecule has 86 valence electrons. The Morgan fingerprint density at radius 3 is 3.12 bits per heavy atom. The molecular formula is C13H18N2O. The molecular weight excluding hydrogens is 200 g/mol. The standard InChI is InChI=1S/C13H18N2O/c1-10-4-2-5-11(8-10)9-15-13(16)12-6-3-7-14-12/h2,4-5,8,12,14H,3,6-7,9H2,1H3,(H,15,16)/t12-/m0/s1. The minimum Gasteiger partial charge on any atom is -0.351 e. The maximum Gasteiger partial charge on any atom is 0.237 e. The molecule has 3 nitrogen and oxygen atoms in total. The first-order valence-corrected chi connectivity index (χ1v) is 5.82. The first-order chi connectivity index (χ1) is 7.75. The van der Waals surface area contributed by atoms with Gasteiger partial charge in [0, 0.05) is 6.54 Å². The van der Waals surface area contributed by atoms with Crippen molar-refractivity contribution in [3.63, 3.8) is 0 Å². The molecule has 0 aliphatic carbocycles. The number of aryl methyl sites for hydroxylation is 1. The highest BCUT2D eigenvalue weighted by Crippen LogP contribution is 2.06. The van der Waals surface area contributed by atoms with Crippen molar-refractivity contribution in [1.82, 2.24) is 10.6 Å². The van der Waals surface area contributed by atoms with Gasteiger partial charge >= 0.3 is 0 Å². The van der Waals surface area contributed by atoms with Gasteiger partial charge in [-0.05, 0) is 31.9 Å². The summed E-state index contributed by atoms with van der Waals surface area (Å²) in [5.41, 5.74) is 2.39. The predicted octanol–water partition coefficient (Wildman–Crippen LogP) is 1.36. The molecule has 1 aromatic rings. The second kappa shape index (κ2) is 5.12. The highest BCUT2D eigenvalue weighted by Gasteiger charge is 2.21. The lowest BCUT2D eigenvalue weighted by atomic mass is 10.1. The van der Waals surface area contributed by atoms with Gasteiger partial charge < -0.3 is 10.6 Å². The molecule has 1 aliphatic heterocycles. The van der Waals surface area contributed by atoms with Crippen LogP contribution in [0.5, 0.6) is 0 Å². The lowest BCUT2D eigenvalue weighted by Gasteiger charge is -2.11. The van der Waals surface area contributed by atoms with Crippen LogP contribution in [-0.2, 0) is 11.3 Å². The van der Waals surface area contributed by atoms with E-state index in [1.54, 1.807) is 0 Å². The largest absolute Gasteiger partial charge is 0.351 e. The summed E-state index contributed by atoms with van der Waals surface area (Å²) in [5.74, 6) is 0.124. The summed E-state index contributed by atoms with van der Waals surface area (Å²) >= 11 is 0. The molecule has 2 rings (SSSR count). The average molecular weight is 218 g/mol. The molecule has 0 bridgehead atoms. The number of hydrogen-bond donors (Lipinski definition) is 2. The van der Waals surface area contributed by atoms with Crippen LogP contribution >= 0.6 is 0 Å². The fourth-order valence-electron chi connectivity index (χ4n) is 2.04.